The van der Waals surface area contributed by atoms with Gasteiger partial charge in [0.05, 0.1) is 16.1 Å². The van der Waals surface area contributed by atoms with E-state index in [1.165, 1.54) is 49.2 Å². The fourth-order valence-corrected chi connectivity index (χ4v) is 5.75. The number of piperidine rings is 1. The lowest BCUT2D eigenvalue weighted by molar-refractivity contribution is -0.137. The molecule has 4 rings (SSSR count). The second-order valence-corrected chi connectivity index (χ2v) is 11.4. The molecule has 214 valence electrons. The van der Waals surface area contributed by atoms with Crippen LogP contribution in [0.25, 0.3) is 0 Å². The van der Waals surface area contributed by atoms with E-state index in [1.807, 2.05) is 0 Å². The summed E-state index contributed by atoms with van der Waals surface area (Å²) < 4.78 is 66.5. The van der Waals surface area contributed by atoms with Crippen LogP contribution in [0.4, 0.5) is 18.9 Å². The van der Waals surface area contributed by atoms with Crippen molar-refractivity contribution in [2.75, 3.05) is 24.1 Å². The topological polar surface area (TPSA) is 87.7 Å². The summed E-state index contributed by atoms with van der Waals surface area (Å²) in [6.07, 6.45) is 0.907. The number of benzene rings is 3. The van der Waals surface area contributed by atoms with Crippen LogP contribution in [0.1, 0.15) is 48.0 Å². The molecule has 1 heterocycles. The van der Waals surface area contributed by atoms with E-state index in [0.717, 1.165) is 62.5 Å². The summed E-state index contributed by atoms with van der Waals surface area (Å²) in [7, 11) is -4.32. The third kappa shape index (κ3) is 7.76. The number of rotatable bonds is 11. The van der Waals surface area contributed by atoms with Crippen molar-refractivity contribution in [3.63, 3.8) is 0 Å². The van der Waals surface area contributed by atoms with Gasteiger partial charge in [-0.15, -0.1) is 0 Å². The minimum Gasteiger partial charge on any atom is -0.364 e. The lowest BCUT2D eigenvalue weighted by atomic mass is 9.92. The quantitative estimate of drug-likeness (QED) is 0.223. The van der Waals surface area contributed by atoms with Crippen LogP contribution in [0, 0.1) is 5.92 Å². The monoisotopic (exact) mass is 575 g/mol. The summed E-state index contributed by atoms with van der Waals surface area (Å²) in [6, 6.07) is 17.0. The number of alkyl halides is 3. The zero-order valence-electron chi connectivity index (χ0n) is 21.9. The van der Waals surface area contributed by atoms with E-state index in [-0.39, 0.29) is 22.2 Å². The van der Waals surface area contributed by atoms with Crippen molar-refractivity contribution in [2.45, 2.75) is 43.2 Å². The summed E-state index contributed by atoms with van der Waals surface area (Å²) >= 11 is 0. The van der Waals surface area contributed by atoms with Crippen molar-refractivity contribution >= 4 is 21.6 Å². The van der Waals surface area contributed by atoms with Crippen molar-refractivity contribution in [3.05, 3.63) is 90.0 Å². The Hall–Kier alpha value is -3.57. The van der Waals surface area contributed by atoms with Crippen LogP contribution >= 0.6 is 0 Å². The Morgan fingerprint density at radius 2 is 1.57 bits per heavy atom. The first kappa shape index (κ1) is 29.4. The minimum absolute atomic E-state index is 0.100. The largest absolute Gasteiger partial charge is 0.416 e. The molecule has 0 radical (unpaired) electrons. The van der Waals surface area contributed by atoms with E-state index in [1.54, 1.807) is 18.2 Å². The van der Waals surface area contributed by atoms with E-state index in [4.69, 9.17) is 4.84 Å². The van der Waals surface area contributed by atoms with Crippen LogP contribution in [-0.4, -0.2) is 34.0 Å². The Kier molecular flexibility index (Phi) is 9.70. The summed E-state index contributed by atoms with van der Waals surface area (Å²) in [5.74, 6) is 0.341. The highest BCUT2D eigenvalue weighted by Gasteiger charge is 2.31. The fraction of sp³-hybridized carbons (Fsp3) is 0.345. The fourth-order valence-electron chi connectivity index (χ4n) is 4.50. The maximum Gasteiger partial charge on any atom is 0.416 e. The zero-order chi connectivity index (χ0) is 28.6. The average Bonchev–Trinajstić information content (AvgIpc) is 2.96. The molecule has 1 aliphatic heterocycles. The predicted octanol–water partition coefficient (Wildman–Crippen LogP) is 5.79. The van der Waals surface area contributed by atoms with Crippen LogP contribution in [0.15, 0.2) is 83.8 Å². The molecule has 0 spiro atoms. The average molecular weight is 576 g/mol. The van der Waals surface area contributed by atoms with Gasteiger partial charge in [0, 0.05) is 12.1 Å². The number of hydrogen-bond acceptors (Lipinski definition) is 5. The molecule has 2 N–H and O–H groups in total. The molecule has 1 saturated heterocycles. The minimum atomic E-state index is -4.54. The second-order valence-electron chi connectivity index (χ2n) is 9.65. The van der Waals surface area contributed by atoms with Gasteiger partial charge in [0.15, 0.2) is 5.75 Å². The molecule has 7 nitrogen and oxygen atoms in total. The number of hydrogen-bond donors (Lipinski definition) is 2. The maximum absolute atomic E-state index is 13.5. The first-order valence-corrected chi connectivity index (χ1v) is 14.6. The van der Waals surface area contributed by atoms with Crippen LogP contribution in [-0.2, 0) is 16.2 Å². The van der Waals surface area contributed by atoms with Crippen molar-refractivity contribution in [2.24, 2.45) is 5.92 Å². The highest BCUT2D eigenvalue weighted by Crippen LogP contribution is 2.32. The number of anilines is 1. The third-order valence-corrected chi connectivity index (χ3v) is 8.34. The van der Waals surface area contributed by atoms with Gasteiger partial charge in [0.1, 0.15) is 0 Å². The number of halogens is 3. The van der Waals surface area contributed by atoms with Crippen molar-refractivity contribution in [3.8, 4) is 5.75 Å². The van der Waals surface area contributed by atoms with E-state index >= 15 is 0 Å². The molecule has 3 aromatic rings. The molecule has 0 unspecified atom stereocenters. The predicted molar refractivity (Wildman–Crippen MR) is 146 cm³/mol. The molecule has 0 saturated carbocycles. The lowest BCUT2D eigenvalue weighted by Gasteiger charge is -2.24. The summed E-state index contributed by atoms with van der Waals surface area (Å²) in [6.45, 7) is 2.67. The Bertz CT molecular complexity index is 1340. The van der Waals surface area contributed by atoms with Crippen LogP contribution in [0.3, 0.4) is 0 Å². The van der Waals surface area contributed by atoms with Gasteiger partial charge in [0.2, 0.25) is 0 Å². The van der Waals surface area contributed by atoms with Gasteiger partial charge in [0.25, 0.3) is 15.9 Å². The number of amides is 1. The molecule has 0 aliphatic carbocycles. The van der Waals surface area contributed by atoms with Gasteiger partial charge in [-0.1, -0.05) is 35.5 Å². The maximum atomic E-state index is 13.5. The number of carbonyl (C=O) groups excluding carboxylic acids is 1. The van der Waals surface area contributed by atoms with Crippen LogP contribution in [0.2, 0.25) is 0 Å². The Balaban J connectivity index is 1.41. The molecule has 40 heavy (non-hydrogen) atoms. The van der Waals surface area contributed by atoms with Gasteiger partial charge >= 0.3 is 6.18 Å². The molecule has 0 aromatic heterocycles. The molecule has 1 aliphatic rings. The number of nitrogens with one attached hydrogen (secondary N) is 2. The Morgan fingerprint density at radius 1 is 0.925 bits per heavy atom. The smallest absolute Gasteiger partial charge is 0.364 e. The Labute approximate surface area is 232 Å². The van der Waals surface area contributed by atoms with E-state index < -0.39 is 21.8 Å². The molecule has 3 aromatic carbocycles. The van der Waals surface area contributed by atoms with Crippen molar-refractivity contribution in [1.29, 1.82) is 0 Å². The third-order valence-electron chi connectivity index (χ3n) is 6.75. The van der Waals surface area contributed by atoms with E-state index in [0.29, 0.717) is 16.6 Å². The van der Waals surface area contributed by atoms with Crippen molar-refractivity contribution in [1.82, 2.24) is 10.6 Å². The highest BCUT2D eigenvalue weighted by atomic mass is 32.2. The number of para-hydroxylation sites is 1. The van der Waals surface area contributed by atoms with Crippen LogP contribution in [0.5, 0.6) is 5.75 Å². The number of sulfonamides is 1. The van der Waals surface area contributed by atoms with Crippen molar-refractivity contribution < 1.29 is 31.2 Å². The standard InChI is InChI=1S/C29H32F3N3O4S/c30-29(31,32)24-11-13-26(14-12-24)39-35(25-7-2-1-3-8-25)40(37,38)27-15-9-23(10-16-27)28(36)34-19-5-4-6-22-17-20-33-21-18-22/h1-3,7-16,22,33H,4-6,17-21H2,(H,34,36). The number of unbranched alkanes of at least 4 members (excludes halogenated alkanes) is 1. The van der Waals surface area contributed by atoms with Gasteiger partial charge in [-0.05, 0) is 98.9 Å². The molecule has 0 atom stereocenters. The normalized spacial score (nSPS) is 14.5. The SMILES string of the molecule is O=C(NCCCCC1CCNCC1)c1ccc(S(=O)(=O)N(Oc2ccc(C(F)(F)F)cc2)c2ccccc2)cc1. The molecule has 1 fully saturated rings. The summed E-state index contributed by atoms with van der Waals surface area (Å²) in [5.41, 5.74) is -0.425. The molecular weight excluding hydrogens is 543 g/mol. The molecular formula is C29H32F3N3O4S. The summed E-state index contributed by atoms with van der Waals surface area (Å²) in [5, 5.41) is 6.23. The molecule has 11 heteroatoms. The van der Waals surface area contributed by atoms with Gasteiger partial charge in [-0.3, -0.25) is 4.79 Å². The highest BCUT2D eigenvalue weighted by molar-refractivity contribution is 7.92. The summed E-state index contributed by atoms with van der Waals surface area (Å²) in [4.78, 5) is 18.0. The molecule has 1 amide bonds. The first-order chi connectivity index (χ1) is 19.1. The van der Waals surface area contributed by atoms with Gasteiger partial charge in [-0.2, -0.15) is 21.6 Å². The zero-order valence-corrected chi connectivity index (χ0v) is 22.7. The Morgan fingerprint density at radius 3 is 2.20 bits per heavy atom. The number of nitrogens with zero attached hydrogens (tertiary/aromatic N) is 1. The van der Waals surface area contributed by atoms with Gasteiger partial charge < -0.3 is 15.5 Å². The lowest BCUT2D eigenvalue weighted by Crippen LogP contribution is -2.34. The van der Waals surface area contributed by atoms with E-state index in [2.05, 4.69) is 10.6 Å². The second kappa shape index (κ2) is 13.2. The van der Waals surface area contributed by atoms with E-state index in [9.17, 15) is 26.4 Å². The molecule has 0 bridgehead atoms. The number of carbonyl (C=O) groups is 1. The van der Waals surface area contributed by atoms with Crippen LogP contribution < -0.4 is 19.9 Å². The first-order valence-electron chi connectivity index (χ1n) is 13.2. The van der Waals surface area contributed by atoms with Gasteiger partial charge in [-0.25, -0.2) is 0 Å².